The summed E-state index contributed by atoms with van der Waals surface area (Å²) in [7, 11) is 0. The van der Waals surface area contributed by atoms with Gasteiger partial charge in [0, 0.05) is 0 Å². The maximum Gasteiger partial charge on any atom is 0.122 e. The van der Waals surface area contributed by atoms with Crippen LogP contribution in [-0.2, 0) is 6.42 Å². The lowest BCUT2D eigenvalue weighted by Gasteiger charge is -2.23. The van der Waals surface area contributed by atoms with E-state index in [1.165, 1.54) is 11.1 Å². The predicted octanol–water partition coefficient (Wildman–Crippen LogP) is 3.59. The van der Waals surface area contributed by atoms with Gasteiger partial charge in [0.1, 0.15) is 11.6 Å². The van der Waals surface area contributed by atoms with Crippen LogP contribution in [0.25, 0.3) is 11.0 Å². The number of hydrogen-bond acceptors (Lipinski definition) is 2. The number of nitrogens with one attached hydrogen (secondary N) is 1. The number of ether oxygens (including phenoxy) is 1. The molecule has 1 aromatic heterocycles. The molecule has 1 atom stereocenters. The molecule has 0 spiro atoms. The summed E-state index contributed by atoms with van der Waals surface area (Å²) in [6.45, 7) is 2.79. The second kappa shape index (κ2) is 4.37. The number of hydrogen-bond donors (Lipinski definition) is 1. The zero-order valence-corrected chi connectivity index (χ0v) is 11.4. The molecule has 1 unspecified atom stereocenters. The van der Waals surface area contributed by atoms with Crippen LogP contribution in [0.5, 0.6) is 5.75 Å². The van der Waals surface area contributed by atoms with Gasteiger partial charge in [-0.25, -0.2) is 4.98 Å². The Balaban J connectivity index is 1.72. The van der Waals surface area contributed by atoms with Crippen LogP contribution in [0.1, 0.15) is 22.9 Å². The van der Waals surface area contributed by atoms with Gasteiger partial charge in [0.25, 0.3) is 0 Å². The summed E-state index contributed by atoms with van der Waals surface area (Å²) in [6, 6.07) is 14.5. The Labute approximate surface area is 117 Å². The van der Waals surface area contributed by atoms with Crippen molar-refractivity contribution in [2.45, 2.75) is 19.3 Å². The van der Waals surface area contributed by atoms with Gasteiger partial charge in [-0.05, 0) is 36.6 Å². The number of H-pyrrole nitrogens is 1. The van der Waals surface area contributed by atoms with Gasteiger partial charge in [-0.15, -0.1) is 0 Å². The van der Waals surface area contributed by atoms with Gasteiger partial charge >= 0.3 is 0 Å². The molecule has 20 heavy (non-hydrogen) atoms. The van der Waals surface area contributed by atoms with Crippen molar-refractivity contribution in [2.24, 2.45) is 0 Å². The van der Waals surface area contributed by atoms with Crippen molar-refractivity contribution in [1.29, 1.82) is 0 Å². The van der Waals surface area contributed by atoms with Gasteiger partial charge in [0.15, 0.2) is 0 Å². The number of aromatic amines is 1. The summed E-state index contributed by atoms with van der Waals surface area (Å²) in [6.07, 6.45) is 0.981. The molecule has 1 N–H and O–H groups in total. The molecule has 3 aromatic rings. The number of nitrogens with zero attached hydrogens (tertiary/aromatic N) is 1. The minimum absolute atomic E-state index is 0.302. The van der Waals surface area contributed by atoms with E-state index in [2.05, 4.69) is 42.2 Å². The van der Waals surface area contributed by atoms with E-state index in [-0.39, 0.29) is 0 Å². The standard InChI is InChI=1S/C17H16N2O/c1-11-5-4-7-14-16(11)19-17(18-14)13-9-12-6-2-3-8-15(12)20-10-13/h2-8,13H,9-10H2,1H3,(H,18,19). The molecule has 2 heterocycles. The van der Waals surface area contributed by atoms with Gasteiger partial charge in [-0.2, -0.15) is 0 Å². The summed E-state index contributed by atoms with van der Waals surface area (Å²) in [5, 5.41) is 0. The fourth-order valence-electron chi connectivity index (χ4n) is 2.89. The topological polar surface area (TPSA) is 37.9 Å². The quantitative estimate of drug-likeness (QED) is 0.729. The third kappa shape index (κ3) is 1.78. The molecule has 0 fully saturated rings. The van der Waals surface area contributed by atoms with Crippen LogP contribution >= 0.6 is 0 Å². The van der Waals surface area contributed by atoms with Crippen molar-refractivity contribution in [3.8, 4) is 5.75 Å². The fourth-order valence-corrected chi connectivity index (χ4v) is 2.89. The Morgan fingerprint density at radius 1 is 1.15 bits per heavy atom. The minimum Gasteiger partial charge on any atom is -0.493 e. The molecule has 0 amide bonds. The van der Waals surface area contributed by atoms with Crippen LogP contribution in [0.3, 0.4) is 0 Å². The van der Waals surface area contributed by atoms with E-state index in [4.69, 9.17) is 9.72 Å². The van der Waals surface area contributed by atoms with E-state index >= 15 is 0 Å². The molecule has 0 saturated heterocycles. The largest absolute Gasteiger partial charge is 0.493 e. The molecule has 3 heteroatoms. The first kappa shape index (κ1) is 11.5. The molecule has 3 nitrogen and oxygen atoms in total. The Hall–Kier alpha value is -2.29. The number of aryl methyl sites for hydroxylation is 1. The fraction of sp³-hybridized carbons (Fsp3) is 0.235. The second-order valence-corrected chi connectivity index (χ2v) is 5.41. The lowest BCUT2D eigenvalue weighted by Crippen LogP contribution is -2.20. The number of rotatable bonds is 1. The molecule has 0 aliphatic carbocycles. The summed E-state index contributed by atoms with van der Waals surface area (Å²) >= 11 is 0. The minimum atomic E-state index is 0.302. The van der Waals surface area contributed by atoms with Gasteiger partial charge < -0.3 is 9.72 Å². The normalized spacial score (nSPS) is 17.8. The van der Waals surface area contributed by atoms with Crippen LogP contribution in [0.15, 0.2) is 42.5 Å². The van der Waals surface area contributed by atoms with Crippen LogP contribution in [0.2, 0.25) is 0 Å². The molecule has 4 rings (SSSR count). The molecular formula is C17H16N2O. The van der Waals surface area contributed by atoms with Crippen molar-refractivity contribution in [3.05, 3.63) is 59.4 Å². The van der Waals surface area contributed by atoms with Gasteiger partial charge in [-0.1, -0.05) is 30.3 Å². The Morgan fingerprint density at radius 2 is 2.05 bits per heavy atom. The predicted molar refractivity (Wildman–Crippen MR) is 79.2 cm³/mol. The summed E-state index contributed by atoms with van der Waals surface area (Å²) in [4.78, 5) is 8.22. The monoisotopic (exact) mass is 264 g/mol. The lowest BCUT2D eigenvalue weighted by atomic mass is 9.96. The van der Waals surface area contributed by atoms with E-state index in [1.54, 1.807) is 0 Å². The molecular weight excluding hydrogens is 248 g/mol. The lowest BCUT2D eigenvalue weighted by molar-refractivity contribution is 0.258. The molecule has 0 saturated carbocycles. The smallest absolute Gasteiger partial charge is 0.122 e. The van der Waals surface area contributed by atoms with E-state index in [0.717, 1.165) is 29.0 Å². The third-order valence-corrected chi connectivity index (χ3v) is 4.00. The number of aromatic nitrogens is 2. The van der Waals surface area contributed by atoms with Crippen LogP contribution < -0.4 is 4.74 Å². The Kier molecular flexibility index (Phi) is 2.52. The van der Waals surface area contributed by atoms with E-state index in [9.17, 15) is 0 Å². The number of benzene rings is 2. The van der Waals surface area contributed by atoms with E-state index in [0.29, 0.717) is 12.5 Å². The molecule has 0 bridgehead atoms. The second-order valence-electron chi connectivity index (χ2n) is 5.41. The Morgan fingerprint density at radius 3 is 2.95 bits per heavy atom. The summed E-state index contributed by atoms with van der Waals surface area (Å²) < 4.78 is 5.86. The Bertz CT molecular complexity index is 776. The average molecular weight is 264 g/mol. The molecule has 0 radical (unpaired) electrons. The highest BCUT2D eigenvalue weighted by Crippen LogP contribution is 2.32. The number of para-hydroxylation sites is 2. The zero-order chi connectivity index (χ0) is 13.5. The van der Waals surface area contributed by atoms with Crippen LogP contribution in [0, 0.1) is 6.92 Å². The average Bonchev–Trinajstić information content (AvgIpc) is 2.92. The maximum absolute atomic E-state index is 5.86. The maximum atomic E-state index is 5.86. The molecule has 1 aliphatic heterocycles. The first-order chi connectivity index (χ1) is 9.81. The molecule has 1 aliphatic rings. The van der Waals surface area contributed by atoms with E-state index in [1.807, 2.05) is 12.1 Å². The number of fused-ring (bicyclic) bond motifs is 2. The van der Waals surface area contributed by atoms with Gasteiger partial charge in [0.2, 0.25) is 0 Å². The summed E-state index contributed by atoms with van der Waals surface area (Å²) in [5.41, 5.74) is 4.66. The highest BCUT2D eigenvalue weighted by Gasteiger charge is 2.23. The summed E-state index contributed by atoms with van der Waals surface area (Å²) in [5.74, 6) is 2.34. The zero-order valence-electron chi connectivity index (χ0n) is 11.4. The highest BCUT2D eigenvalue weighted by molar-refractivity contribution is 5.78. The first-order valence-corrected chi connectivity index (χ1v) is 6.97. The van der Waals surface area contributed by atoms with Crippen molar-refractivity contribution in [3.63, 3.8) is 0 Å². The van der Waals surface area contributed by atoms with Crippen molar-refractivity contribution in [1.82, 2.24) is 9.97 Å². The van der Waals surface area contributed by atoms with E-state index < -0.39 is 0 Å². The molecule has 2 aromatic carbocycles. The number of imidazole rings is 1. The van der Waals surface area contributed by atoms with Crippen molar-refractivity contribution >= 4 is 11.0 Å². The van der Waals surface area contributed by atoms with Crippen LogP contribution in [-0.4, -0.2) is 16.6 Å². The van der Waals surface area contributed by atoms with Crippen molar-refractivity contribution < 1.29 is 4.74 Å². The SMILES string of the molecule is Cc1cccc2[nH]c(C3COc4ccccc4C3)nc12. The van der Waals surface area contributed by atoms with Gasteiger partial charge in [0.05, 0.1) is 23.6 Å². The third-order valence-electron chi connectivity index (χ3n) is 4.00. The first-order valence-electron chi connectivity index (χ1n) is 6.97. The highest BCUT2D eigenvalue weighted by atomic mass is 16.5. The molecule has 100 valence electrons. The van der Waals surface area contributed by atoms with Gasteiger partial charge in [-0.3, -0.25) is 0 Å². The van der Waals surface area contributed by atoms with Crippen molar-refractivity contribution in [2.75, 3.05) is 6.61 Å². The van der Waals surface area contributed by atoms with Crippen LogP contribution in [0.4, 0.5) is 0 Å².